The van der Waals surface area contributed by atoms with Gasteiger partial charge in [0, 0.05) is 0 Å². The van der Waals surface area contributed by atoms with E-state index in [2.05, 4.69) is 19.2 Å². The fourth-order valence-electron chi connectivity index (χ4n) is 9.37. The second-order valence-electron chi connectivity index (χ2n) is 20.2. The zero-order valence-electron chi connectivity index (χ0n) is 43.0. The van der Waals surface area contributed by atoms with Gasteiger partial charge in [0.05, 0.1) is 18.8 Å². The SMILES string of the molecule is CCCCCCCCCCCCCCCCC/C=C/C(O)C(CO)NC(=O)C(O)CCCCCCCCCCCCCCCCCCCCCCCCCCCCCCCCCC. The second kappa shape index (κ2) is 53.7. The molecule has 0 aromatic carbocycles. The molecule has 0 spiro atoms. The summed E-state index contributed by atoms with van der Waals surface area (Å²) >= 11 is 0. The fraction of sp³-hybridized carbons (Fsp3) is 0.948. The molecule has 3 atom stereocenters. The molecule has 0 aromatic rings. The first kappa shape index (κ1) is 62.1. The summed E-state index contributed by atoms with van der Waals surface area (Å²) in [5, 5.41) is 33.4. The summed E-state index contributed by atoms with van der Waals surface area (Å²) in [6.07, 6.45) is 67.3. The number of carbonyl (C=O) groups is 1. The molecule has 0 aromatic heterocycles. The standard InChI is InChI=1S/C58H115NO4/c1-3-5-7-9-11-13-15-17-19-21-22-23-24-25-26-27-28-29-30-31-32-33-34-35-37-39-41-43-45-47-49-51-53-57(62)58(63)59-55(54-60)56(61)52-50-48-46-44-42-40-38-36-20-18-16-14-12-10-8-6-4-2/h50,52,55-57,60-62H,3-49,51,53-54H2,1-2H3,(H,59,63)/b52-50+. The topological polar surface area (TPSA) is 89.8 Å². The Morgan fingerprint density at radius 2 is 0.619 bits per heavy atom. The van der Waals surface area contributed by atoms with E-state index in [0.29, 0.717) is 6.42 Å². The van der Waals surface area contributed by atoms with E-state index in [1.165, 1.54) is 276 Å². The Labute approximate surface area is 395 Å². The first-order valence-electron chi connectivity index (χ1n) is 29.0. The summed E-state index contributed by atoms with van der Waals surface area (Å²) in [5.41, 5.74) is 0. The molecule has 0 bridgehead atoms. The van der Waals surface area contributed by atoms with Crippen LogP contribution in [0.15, 0.2) is 12.2 Å². The molecule has 0 radical (unpaired) electrons. The first-order chi connectivity index (χ1) is 31.1. The molecule has 0 heterocycles. The van der Waals surface area contributed by atoms with E-state index < -0.39 is 24.2 Å². The van der Waals surface area contributed by atoms with Gasteiger partial charge in [-0.25, -0.2) is 0 Å². The number of nitrogens with one attached hydrogen (secondary N) is 1. The van der Waals surface area contributed by atoms with Crippen LogP contribution in [0.3, 0.4) is 0 Å². The molecule has 0 aliphatic heterocycles. The Morgan fingerprint density at radius 1 is 0.381 bits per heavy atom. The molecule has 5 nitrogen and oxygen atoms in total. The molecule has 3 unspecified atom stereocenters. The Hall–Kier alpha value is -0.910. The van der Waals surface area contributed by atoms with E-state index in [-0.39, 0.29) is 6.61 Å². The largest absolute Gasteiger partial charge is 0.394 e. The highest BCUT2D eigenvalue weighted by atomic mass is 16.3. The predicted octanol–water partition coefficient (Wildman–Crippen LogP) is 17.9. The van der Waals surface area contributed by atoms with Crippen LogP contribution in [0.1, 0.15) is 328 Å². The molecule has 5 heteroatoms. The minimum Gasteiger partial charge on any atom is -0.394 e. The van der Waals surface area contributed by atoms with Gasteiger partial charge in [-0.3, -0.25) is 4.79 Å². The lowest BCUT2D eigenvalue weighted by Gasteiger charge is -2.21. The van der Waals surface area contributed by atoms with Crippen molar-refractivity contribution in [3.8, 4) is 0 Å². The highest BCUT2D eigenvalue weighted by Gasteiger charge is 2.22. The maximum Gasteiger partial charge on any atom is 0.249 e. The Kier molecular flexibility index (Phi) is 52.9. The van der Waals surface area contributed by atoms with Crippen LogP contribution in [0.5, 0.6) is 0 Å². The lowest BCUT2D eigenvalue weighted by atomic mass is 10.0. The molecule has 0 rings (SSSR count). The number of allylic oxidation sites excluding steroid dienone is 1. The summed E-state index contributed by atoms with van der Waals surface area (Å²) < 4.78 is 0. The maximum absolute atomic E-state index is 12.5. The molecular formula is C58H115NO4. The Morgan fingerprint density at radius 3 is 0.873 bits per heavy atom. The third-order valence-corrected chi connectivity index (χ3v) is 13.9. The number of aliphatic hydroxyl groups is 3. The van der Waals surface area contributed by atoms with Crippen molar-refractivity contribution in [2.24, 2.45) is 0 Å². The van der Waals surface area contributed by atoms with Gasteiger partial charge in [-0.1, -0.05) is 321 Å². The van der Waals surface area contributed by atoms with Gasteiger partial charge in [0.1, 0.15) is 6.10 Å². The zero-order valence-corrected chi connectivity index (χ0v) is 43.0. The van der Waals surface area contributed by atoms with Crippen LogP contribution < -0.4 is 5.32 Å². The molecule has 1 amide bonds. The van der Waals surface area contributed by atoms with E-state index in [1.54, 1.807) is 6.08 Å². The monoisotopic (exact) mass is 890 g/mol. The zero-order chi connectivity index (χ0) is 45.8. The van der Waals surface area contributed by atoms with E-state index in [9.17, 15) is 20.1 Å². The van der Waals surface area contributed by atoms with Crippen molar-refractivity contribution in [2.45, 2.75) is 347 Å². The molecule has 0 saturated carbocycles. The van der Waals surface area contributed by atoms with Crippen molar-refractivity contribution >= 4 is 5.91 Å². The number of aliphatic hydroxyl groups excluding tert-OH is 3. The van der Waals surface area contributed by atoms with Crippen LogP contribution in [0.25, 0.3) is 0 Å². The van der Waals surface area contributed by atoms with Crippen molar-refractivity contribution in [3.05, 3.63) is 12.2 Å². The summed E-state index contributed by atoms with van der Waals surface area (Å²) in [4.78, 5) is 12.5. The molecule has 0 saturated heterocycles. The average molecular weight is 891 g/mol. The third kappa shape index (κ3) is 48.8. The van der Waals surface area contributed by atoms with Crippen LogP contribution >= 0.6 is 0 Å². The molecular weight excluding hydrogens is 775 g/mol. The summed E-state index contributed by atoms with van der Waals surface area (Å²) in [7, 11) is 0. The number of carbonyl (C=O) groups excluding carboxylic acids is 1. The molecule has 0 aliphatic carbocycles. The number of rotatable bonds is 54. The predicted molar refractivity (Wildman–Crippen MR) is 278 cm³/mol. The van der Waals surface area contributed by atoms with Crippen LogP contribution in [0, 0.1) is 0 Å². The summed E-state index contributed by atoms with van der Waals surface area (Å²) in [5.74, 6) is -0.496. The van der Waals surface area contributed by atoms with Gasteiger partial charge in [-0.05, 0) is 19.3 Å². The van der Waals surface area contributed by atoms with Gasteiger partial charge >= 0.3 is 0 Å². The van der Waals surface area contributed by atoms with E-state index in [0.717, 1.165) is 32.1 Å². The van der Waals surface area contributed by atoms with Crippen LogP contribution in [-0.4, -0.2) is 46.1 Å². The Balaban J connectivity index is 3.48. The quantitative estimate of drug-likeness (QED) is 0.0362. The van der Waals surface area contributed by atoms with E-state index in [4.69, 9.17) is 0 Å². The minimum atomic E-state index is -1.09. The fourth-order valence-corrected chi connectivity index (χ4v) is 9.37. The van der Waals surface area contributed by atoms with Gasteiger partial charge in [0.25, 0.3) is 0 Å². The van der Waals surface area contributed by atoms with Gasteiger partial charge in [0.15, 0.2) is 0 Å². The summed E-state index contributed by atoms with van der Waals surface area (Å²) in [6.45, 7) is 4.22. The van der Waals surface area contributed by atoms with Gasteiger partial charge < -0.3 is 20.6 Å². The highest BCUT2D eigenvalue weighted by Crippen LogP contribution is 2.18. The number of hydrogen-bond donors (Lipinski definition) is 4. The molecule has 376 valence electrons. The van der Waals surface area contributed by atoms with Crippen LogP contribution in [0.4, 0.5) is 0 Å². The summed E-state index contributed by atoms with van der Waals surface area (Å²) in [6, 6.07) is -0.794. The second-order valence-corrected chi connectivity index (χ2v) is 20.2. The van der Waals surface area contributed by atoms with Crippen LogP contribution in [-0.2, 0) is 4.79 Å². The molecule has 63 heavy (non-hydrogen) atoms. The maximum atomic E-state index is 12.5. The van der Waals surface area contributed by atoms with Gasteiger partial charge in [0.2, 0.25) is 5.91 Å². The third-order valence-electron chi connectivity index (χ3n) is 13.9. The van der Waals surface area contributed by atoms with E-state index >= 15 is 0 Å². The smallest absolute Gasteiger partial charge is 0.249 e. The molecule has 4 N–H and O–H groups in total. The van der Waals surface area contributed by atoms with Crippen molar-refractivity contribution in [1.82, 2.24) is 5.32 Å². The van der Waals surface area contributed by atoms with Crippen molar-refractivity contribution in [1.29, 1.82) is 0 Å². The minimum absolute atomic E-state index is 0.359. The number of unbranched alkanes of at least 4 members (excludes halogenated alkanes) is 46. The molecule has 0 fully saturated rings. The number of amides is 1. The molecule has 0 aliphatic rings. The highest BCUT2D eigenvalue weighted by molar-refractivity contribution is 5.80. The lowest BCUT2D eigenvalue weighted by Crippen LogP contribution is -2.48. The lowest BCUT2D eigenvalue weighted by molar-refractivity contribution is -0.131. The first-order valence-corrected chi connectivity index (χ1v) is 29.0. The van der Waals surface area contributed by atoms with Crippen molar-refractivity contribution < 1.29 is 20.1 Å². The van der Waals surface area contributed by atoms with Crippen molar-refractivity contribution in [2.75, 3.05) is 6.61 Å². The average Bonchev–Trinajstić information content (AvgIpc) is 3.29. The van der Waals surface area contributed by atoms with E-state index in [1.807, 2.05) is 6.08 Å². The number of hydrogen-bond acceptors (Lipinski definition) is 4. The van der Waals surface area contributed by atoms with Gasteiger partial charge in [-0.2, -0.15) is 0 Å². The van der Waals surface area contributed by atoms with Gasteiger partial charge in [-0.15, -0.1) is 0 Å². The Bertz CT molecular complexity index is 894. The van der Waals surface area contributed by atoms with Crippen LogP contribution in [0.2, 0.25) is 0 Å². The van der Waals surface area contributed by atoms with Crippen molar-refractivity contribution in [3.63, 3.8) is 0 Å². The normalized spacial score (nSPS) is 13.3.